The Balaban J connectivity index is 0.000000167. The Hall–Kier alpha value is -10.2. The molecule has 14 aromatic carbocycles. The number of fused-ring (bicyclic) bond motifs is 4. The minimum absolute atomic E-state index is 0. The van der Waals surface area contributed by atoms with Crippen molar-refractivity contribution in [1.82, 2.24) is 39.9 Å². The second-order valence-corrected chi connectivity index (χ2v) is 35.3. The fraction of sp³-hybridized carbons (Fsp3) is 0.153. The second kappa shape index (κ2) is 45.4. The maximum atomic E-state index is 15.6. The first-order chi connectivity index (χ1) is 65.8. The van der Waals surface area contributed by atoms with Crippen LogP contribution in [0, 0.1) is 117 Å². The standard InChI is InChI=1S/C59H51N5.C38H25FN4.C21H27N.3K.HO4P/c1-35-37(3)41(7)56-48(39(35)5)32-49-40(6)36(2)38(4)42(8)57(49)64(56)55-30-29-47(54-34-51(43-21-13-9-14-22-43)60-58(61-54)46-27-19-12-20-28-46)31-50(55)59-62-52(44-23-15-10-16-24-44)33-53(63-59)45-25-17-11-18-26-45;39-32-22-21-30(36-25-33(26-13-5-1-6-14-26)40-37(41-36)29-19-11-4-12-20-29)23-31(32)38-42-34(27-15-7-2-8-16-27)24-35(43-38)28-17-9-3-10-18-28;1-10-12(3)16(7)20-18(14(10)5)9-19-15(6)11(2)13(4)17(8)21(19)22-20;;;;1-4-5(2)3/h9-31,33-34H,32H2,1-8H3;1-25H;22H,9H2,1-8H3;;;;1H/q;;;;;+1;/p-1. The molecule has 0 saturated carbocycles. The van der Waals surface area contributed by atoms with E-state index in [1.807, 2.05) is 170 Å². The van der Waals surface area contributed by atoms with E-state index in [2.05, 4.69) is 241 Å². The quantitative estimate of drug-likeness (QED) is 0.0468. The van der Waals surface area contributed by atoms with Crippen LogP contribution in [0.2, 0.25) is 0 Å². The zero-order valence-electron chi connectivity index (χ0n) is 81.3. The summed E-state index contributed by atoms with van der Waals surface area (Å²) in [6.07, 6.45) is 1.93. The predicted octanol–water partition coefficient (Wildman–Crippen LogP) is 24.9. The SMILES string of the molecule is Cc1c(C)c(C)c2c(c1C)Cc1c(C)c(C)c(C)c(C)c1N2.Cc1c(C)c(C)c2c(c1C)Cc1c(C)c(C)c(C)c(C)c1N2c1ccc(-c2cc(-c3ccccc3)nc(-c3ccccc3)n2)cc1-c1nc(-c2ccccc2)cc(-c2ccccc2)n1.Fc1ccc(-c2cc(-c3ccccc3)nc(-c3ccccc3)n2)cc1-c1nc(-c2ccccc2)cc(-c2ccccc2)n1.O=[P+]([O-])O[O-].[K+].[K][K]. The van der Waals surface area contributed by atoms with Crippen LogP contribution >= 0.6 is 8.25 Å². The number of benzene rings is 14. The van der Waals surface area contributed by atoms with Gasteiger partial charge in [0.25, 0.3) is 0 Å². The summed E-state index contributed by atoms with van der Waals surface area (Å²) < 4.78 is 26.9. The Morgan fingerprint density at radius 1 is 0.285 bits per heavy atom. The van der Waals surface area contributed by atoms with E-state index < -0.39 is 14.1 Å². The van der Waals surface area contributed by atoms with Gasteiger partial charge in [0.05, 0.1) is 68.2 Å². The zero-order valence-corrected chi connectivity index (χ0v) is 91.5. The molecule has 18 aromatic rings. The van der Waals surface area contributed by atoms with Crippen LogP contribution < -0.4 is 71.8 Å². The summed E-state index contributed by atoms with van der Waals surface area (Å²) in [7, 11) is -3.15. The van der Waals surface area contributed by atoms with Crippen molar-refractivity contribution in [2.24, 2.45) is 0 Å². The Kier molecular flexibility index (Phi) is 33.5. The first-order valence-electron chi connectivity index (χ1n) is 46.1. The molecule has 0 radical (unpaired) electrons. The molecular formula is C118H103FK3N10O4P. The van der Waals surface area contributed by atoms with Gasteiger partial charge in [-0.3, -0.25) is 0 Å². The molecule has 0 saturated heterocycles. The summed E-state index contributed by atoms with van der Waals surface area (Å²) in [5.41, 5.74) is 50.9. The number of nitrogens with one attached hydrogen (secondary N) is 1. The summed E-state index contributed by atoms with van der Waals surface area (Å²) in [5, 5.41) is 12.3. The van der Waals surface area contributed by atoms with Gasteiger partial charge in [0.15, 0.2) is 23.3 Å². The van der Waals surface area contributed by atoms with Crippen LogP contribution in [0.5, 0.6) is 0 Å². The average molecular weight is 1890 g/mol. The molecule has 14 nitrogen and oxygen atoms in total. The molecule has 0 amide bonds. The van der Waals surface area contributed by atoms with Crippen LogP contribution in [-0.4, -0.2) is 103 Å². The van der Waals surface area contributed by atoms with E-state index in [0.29, 0.717) is 45.9 Å². The Morgan fingerprint density at radius 2 is 0.511 bits per heavy atom. The number of hydrogen-bond donors (Lipinski definition) is 1. The molecule has 4 aromatic heterocycles. The normalized spacial score (nSPS) is 11.5. The maximum absolute atomic E-state index is 15.6. The second-order valence-electron chi connectivity index (χ2n) is 34.7. The number of rotatable bonds is 14. The Morgan fingerprint density at radius 3 is 0.803 bits per heavy atom. The molecule has 2 aliphatic heterocycles. The molecule has 20 rings (SSSR count). The first kappa shape index (κ1) is 101. The van der Waals surface area contributed by atoms with Crippen LogP contribution in [0.1, 0.15) is 111 Å². The first-order valence-corrected chi connectivity index (χ1v) is 63.2. The molecule has 0 fully saturated rings. The van der Waals surface area contributed by atoms with Crippen molar-refractivity contribution in [2.45, 2.75) is 124 Å². The van der Waals surface area contributed by atoms with Crippen molar-refractivity contribution in [3.63, 3.8) is 0 Å². The van der Waals surface area contributed by atoms with E-state index in [9.17, 15) is 0 Å². The van der Waals surface area contributed by atoms with Crippen molar-refractivity contribution in [3.8, 4) is 136 Å². The number of halogens is 1. The molecule has 1 atom stereocenters. The third-order valence-corrected chi connectivity index (χ3v) is 27.4. The Bertz CT molecular complexity index is 7110. The molecule has 0 aliphatic carbocycles. The number of aromatic nitrogens is 8. The number of hydrogen-bond acceptors (Lipinski definition) is 14. The van der Waals surface area contributed by atoms with E-state index >= 15 is 4.39 Å². The van der Waals surface area contributed by atoms with Gasteiger partial charge >= 0.3 is 123 Å². The summed E-state index contributed by atoms with van der Waals surface area (Å²) in [6, 6.07) is 101. The van der Waals surface area contributed by atoms with Gasteiger partial charge in [0.1, 0.15) is 5.82 Å². The van der Waals surface area contributed by atoms with E-state index in [4.69, 9.17) is 54.6 Å². The van der Waals surface area contributed by atoms with Gasteiger partial charge in [0, 0.05) is 85.4 Å². The third-order valence-electron chi connectivity index (χ3n) is 27.3. The van der Waals surface area contributed by atoms with Crippen molar-refractivity contribution < 1.29 is 75.2 Å². The molecule has 0 spiro atoms. The van der Waals surface area contributed by atoms with Crippen LogP contribution in [0.25, 0.3) is 136 Å². The van der Waals surface area contributed by atoms with Gasteiger partial charge < -0.3 is 20.4 Å². The predicted molar refractivity (Wildman–Crippen MR) is 553 cm³/mol. The zero-order chi connectivity index (χ0) is 95.9. The number of nitrogens with zero attached hydrogens (tertiary/aromatic N) is 9. The van der Waals surface area contributed by atoms with Crippen molar-refractivity contribution in [2.75, 3.05) is 10.2 Å². The van der Waals surface area contributed by atoms with Gasteiger partial charge in [-0.05, 0) is 281 Å². The molecule has 137 heavy (non-hydrogen) atoms. The van der Waals surface area contributed by atoms with Crippen LogP contribution in [0.4, 0.5) is 32.8 Å². The van der Waals surface area contributed by atoms with E-state index in [1.54, 1.807) is 12.1 Å². The van der Waals surface area contributed by atoms with E-state index in [1.165, 1.54) is 203 Å². The molecule has 19 heteroatoms. The van der Waals surface area contributed by atoms with E-state index in [0.717, 1.165) is 108 Å². The minimum atomic E-state index is -3.15. The fourth-order valence-corrected chi connectivity index (χ4v) is 18.4. The van der Waals surface area contributed by atoms with Gasteiger partial charge in [-0.15, -0.1) is 0 Å². The van der Waals surface area contributed by atoms with Crippen LogP contribution in [0.3, 0.4) is 0 Å². The van der Waals surface area contributed by atoms with E-state index in [-0.39, 0.29) is 51.4 Å². The monoisotopic (exact) mass is 1890 g/mol. The summed E-state index contributed by atoms with van der Waals surface area (Å²) in [6.45, 7) is 36.4. The van der Waals surface area contributed by atoms with Gasteiger partial charge in [-0.2, -0.15) is 0 Å². The molecular weight excluding hydrogens is 1790 g/mol. The van der Waals surface area contributed by atoms with Crippen LogP contribution in [-0.2, 0) is 22.1 Å². The summed E-state index contributed by atoms with van der Waals surface area (Å²) in [4.78, 5) is 52.4. The fourth-order valence-electron chi connectivity index (χ4n) is 18.4. The van der Waals surface area contributed by atoms with Crippen LogP contribution in [0.15, 0.2) is 303 Å². The summed E-state index contributed by atoms with van der Waals surface area (Å²) in [5.74, 6) is 1.80. The molecule has 664 valence electrons. The molecule has 1 N–H and O–H groups in total. The average Bonchev–Trinajstić information content (AvgIpc) is 0.709. The Labute approximate surface area is 892 Å². The summed E-state index contributed by atoms with van der Waals surface area (Å²) >= 11 is 2.50. The molecule has 1 unspecified atom stereocenters. The molecule has 2 aliphatic rings. The number of anilines is 5. The van der Waals surface area contributed by atoms with Gasteiger partial charge in [0.2, 0.25) is 0 Å². The van der Waals surface area contributed by atoms with Gasteiger partial charge in [-0.25, -0.2) is 48.9 Å². The van der Waals surface area contributed by atoms with Crippen molar-refractivity contribution in [3.05, 3.63) is 420 Å². The molecule has 6 heterocycles. The topological polar surface area (TPSA) is 191 Å². The van der Waals surface area contributed by atoms with Gasteiger partial charge in [-0.1, -0.05) is 249 Å². The van der Waals surface area contributed by atoms with Crippen molar-refractivity contribution in [1.29, 1.82) is 0 Å². The molecule has 0 bridgehead atoms. The van der Waals surface area contributed by atoms with Crippen molar-refractivity contribution >= 4 is 99.8 Å². The third kappa shape index (κ3) is 21.7.